The second-order valence-corrected chi connectivity index (χ2v) is 6.55. The molecule has 7 heteroatoms. The predicted molar refractivity (Wildman–Crippen MR) is 87.1 cm³/mol. The lowest BCUT2D eigenvalue weighted by Gasteiger charge is -1.97. The lowest BCUT2D eigenvalue weighted by Crippen LogP contribution is -1.86. The summed E-state index contributed by atoms with van der Waals surface area (Å²) in [4.78, 5) is 5.43. The molecule has 0 fully saturated rings. The lowest BCUT2D eigenvalue weighted by atomic mass is 10.2. The number of hydrogen-bond acceptors (Lipinski definition) is 6. The molecular weight excluding hydrogens is 316 g/mol. The fraction of sp³-hybridized carbons (Fsp3) is 0.133. The second kappa shape index (κ2) is 5.58. The van der Waals surface area contributed by atoms with E-state index in [9.17, 15) is 0 Å². The average Bonchev–Trinajstić information content (AvgIpc) is 3.22. The number of thioether (sulfide) groups is 1. The van der Waals surface area contributed by atoms with Gasteiger partial charge in [-0.1, -0.05) is 42.1 Å². The maximum atomic E-state index is 5.79. The maximum Gasteiger partial charge on any atom is 0.277 e. The standard InChI is InChI=1S/C15H12N4OS2/c1-10-12(19-7-8-21-14(19)16-10)13-17-18-15(20-13)22-9-11-5-3-2-4-6-11/h2-8H,9H2,1H3. The van der Waals surface area contributed by atoms with E-state index in [-0.39, 0.29) is 0 Å². The fourth-order valence-corrected chi connectivity index (χ4v) is 3.71. The van der Waals surface area contributed by atoms with E-state index in [1.54, 1.807) is 11.3 Å². The molecule has 0 radical (unpaired) electrons. The summed E-state index contributed by atoms with van der Waals surface area (Å²) in [6.07, 6.45) is 1.97. The summed E-state index contributed by atoms with van der Waals surface area (Å²) in [7, 11) is 0. The van der Waals surface area contributed by atoms with Crippen molar-refractivity contribution in [2.75, 3.05) is 0 Å². The van der Waals surface area contributed by atoms with E-state index in [0.29, 0.717) is 11.1 Å². The summed E-state index contributed by atoms with van der Waals surface area (Å²) in [5.41, 5.74) is 3.00. The molecule has 0 aliphatic rings. The van der Waals surface area contributed by atoms with Crippen molar-refractivity contribution >= 4 is 28.1 Å². The molecule has 4 aromatic rings. The van der Waals surface area contributed by atoms with Gasteiger partial charge < -0.3 is 4.42 Å². The van der Waals surface area contributed by atoms with Gasteiger partial charge in [-0.25, -0.2) is 4.98 Å². The molecule has 0 saturated heterocycles. The number of aryl methyl sites for hydroxylation is 1. The molecule has 3 aromatic heterocycles. The van der Waals surface area contributed by atoms with E-state index in [1.807, 2.05) is 41.1 Å². The van der Waals surface area contributed by atoms with Crippen LogP contribution in [0.15, 0.2) is 51.5 Å². The van der Waals surface area contributed by atoms with Crippen molar-refractivity contribution in [3.8, 4) is 11.6 Å². The molecule has 0 saturated carbocycles. The summed E-state index contributed by atoms with van der Waals surface area (Å²) < 4.78 is 7.78. The van der Waals surface area contributed by atoms with Crippen molar-refractivity contribution in [2.24, 2.45) is 0 Å². The first-order chi connectivity index (χ1) is 10.8. The zero-order valence-electron chi connectivity index (χ0n) is 11.8. The Kier molecular flexibility index (Phi) is 3.44. The van der Waals surface area contributed by atoms with Crippen LogP contribution in [0.4, 0.5) is 0 Å². The van der Waals surface area contributed by atoms with Crippen LogP contribution in [0.5, 0.6) is 0 Å². The molecule has 110 valence electrons. The first kappa shape index (κ1) is 13.5. The molecule has 0 spiro atoms. The van der Waals surface area contributed by atoms with E-state index in [0.717, 1.165) is 22.1 Å². The minimum atomic E-state index is 0.513. The molecule has 0 amide bonds. The third-order valence-corrected chi connectivity index (χ3v) is 4.90. The molecular formula is C15H12N4OS2. The van der Waals surface area contributed by atoms with E-state index in [1.165, 1.54) is 17.3 Å². The van der Waals surface area contributed by atoms with Crippen molar-refractivity contribution < 1.29 is 4.42 Å². The zero-order valence-corrected chi connectivity index (χ0v) is 13.4. The number of nitrogens with zero attached hydrogens (tertiary/aromatic N) is 4. The van der Waals surface area contributed by atoms with Crippen LogP contribution < -0.4 is 0 Å². The van der Waals surface area contributed by atoms with Crippen molar-refractivity contribution in [2.45, 2.75) is 17.9 Å². The molecule has 3 heterocycles. The Balaban J connectivity index is 1.59. The summed E-state index contributed by atoms with van der Waals surface area (Å²) in [5, 5.41) is 10.9. The van der Waals surface area contributed by atoms with Crippen molar-refractivity contribution in [3.63, 3.8) is 0 Å². The highest BCUT2D eigenvalue weighted by Crippen LogP contribution is 2.29. The van der Waals surface area contributed by atoms with Crippen LogP contribution in [0, 0.1) is 6.92 Å². The second-order valence-electron chi connectivity index (χ2n) is 4.75. The Morgan fingerprint density at radius 2 is 2.09 bits per heavy atom. The van der Waals surface area contributed by atoms with E-state index >= 15 is 0 Å². The van der Waals surface area contributed by atoms with Crippen LogP contribution in [-0.4, -0.2) is 19.6 Å². The smallest absolute Gasteiger partial charge is 0.277 e. The van der Waals surface area contributed by atoms with Gasteiger partial charge in [0.25, 0.3) is 11.1 Å². The SMILES string of the molecule is Cc1nc2sccn2c1-c1nnc(SCc2ccccc2)o1. The highest BCUT2D eigenvalue weighted by atomic mass is 32.2. The summed E-state index contributed by atoms with van der Waals surface area (Å²) >= 11 is 3.13. The van der Waals surface area contributed by atoms with E-state index < -0.39 is 0 Å². The highest BCUT2D eigenvalue weighted by Gasteiger charge is 2.18. The number of aromatic nitrogens is 4. The first-order valence-electron chi connectivity index (χ1n) is 6.74. The molecule has 0 aliphatic heterocycles. The normalized spacial score (nSPS) is 11.3. The first-order valence-corrected chi connectivity index (χ1v) is 8.60. The van der Waals surface area contributed by atoms with Crippen molar-refractivity contribution in [1.29, 1.82) is 0 Å². The molecule has 5 nitrogen and oxygen atoms in total. The predicted octanol–water partition coefficient (Wildman–Crippen LogP) is 4.05. The Morgan fingerprint density at radius 3 is 2.95 bits per heavy atom. The van der Waals surface area contributed by atoms with Crippen LogP contribution in [0.2, 0.25) is 0 Å². The molecule has 4 rings (SSSR count). The van der Waals surface area contributed by atoms with Gasteiger partial charge in [0.05, 0.1) is 5.69 Å². The Hall–Kier alpha value is -2.12. The van der Waals surface area contributed by atoms with Gasteiger partial charge in [0, 0.05) is 17.3 Å². The Bertz CT molecular complexity index is 910. The van der Waals surface area contributed by atoms with Gasteiger partial charge in [0.15, 0.2) is 4.96 Å². The molecule has 0 unspecified atom stereocenters. The Labute approximate surface area is 135 Å². The number of rotatable bonds is 4. The maximum absolute atomic E-state index is 5.79. The number of thiazole rings is 1. The summed E-state index contributed by atoms with van der Waals surface area (Å²) in [5.74, 6) is 1.32. The van der Waals surface area contributed by atoms with Crippen molar-refractivity contribution in [3.05, 3.63) is 53.2 Å². The minimum Gasteiger partial charge on any atom is -0.410 e. The quantitative estimate of drug-likeness (QED) is 0.529. The zero-order chi connectivity index (χ0) is 14.9. The van der Waals surface area contributed by atoms with E-state index in [2.05, 4.69) is 27.3 Å². The molecule has 22 heavy (non-hydrogen) atoms. The van der Waals surface area contributed by atoms with Gasteiger partial charge in [0.2, 0.25) is 0 Å². The topological polar surface area (TPSA) is 56.2 Å². The lowest BCUT2D eigenvalue weighted by molar-refractivity contribution is 0.464. The number of hydrogen-bond donors (Lipinski definition) is 0. The fourth-order valence-electron chi connectivity index (χ4n) is 2.23. The molecule has 0 bridgehead atoms. The minimum absolute atomic E-state index is 0.513. The van der Waals surface area contributed by atoms with Gasteiger partial charge in [-0.2, -0.15) is 0 Å². The van der Waals surface area contributed by atoms with Crippen LogP contribution in [-0.2, 0) is 5.75 Å². The van der Waals surface area contributed by atoms with Gasteiger partial charge >= 0.3 is 0 Å². The summed E-state index contributed by atoms with van der Waals surface area (Å²) in [6.45, 7) is 1.95. The van der Waals surface area contributed by atoms with Crippen LogP contribution in [0.25, 0.3) is 16.5 Å². The van der Waals surface area contributed by atoms with Crippen molar-refractivity contribution in [1.82, 2.24) is 19.6 Å². The third kappa shape index (κ3) is 2.42. The number of fused-ring (bicyclic) bond motifs is 1. The van der Waals surface area contributed by atoms with Gasteiger partial charge in [-0.05, 0) is 12.5 Å². The molecule has 0 aliphatic carbocycles. The van der Waals surface area contributed by atoms with E-state index in [4.69, 9.17) is 4.42 Å². The van der Waals surface area contributed by atoms with Gasteiger partial charge in [0.1, 0.15) is 5.69 Å². The number of benzene rings is 1. The number of imidazole rings is 1. The third-order valence-electron chi connectivity index (χ3n) is 3.25. The van der Waals surface area contributed by atoms with Crippen LogP contribution in [0.3, 0.4) is 0 Å². The monoisotopic (exact) mass is 328 g/mol. The van der Waals surface area contributed by atoms with Gasteiger partial charge in [-0.3, -0.25) is 4.40 Å². The van der Waals surface area contributed by atoms with Crippen LogP contribution in [0.1, 0.15) is 11.3 Å². The molecule has 1 aromatic carbocycles. The molecule has 0 N–H and O–H groups in total. The molecule has 0 atom stereocenters. The highest BCUT2D eigenvalue weighted by molar-refractivity contribution is 7.98. The summed E-state index contributed by atoms with van der Waals surface area (Å²) in [6, 6.07) is 10.2. The Morgan fingerprint density at radius 1 is 1.23 bits per heavy atom. The van der Waals surface area contributed by atoms with Crippen LogP contribution >= 0.6 is 23.1 Å². The average molecular weight is 328 g/mol. The van der Waals surface area contributed by atoms with Gasteiger partial charge in [-0.15, -0.1) is 21.5 Å². The largest absolute Gasteiger partial charge is 0.410 e.